The van der Waals surface area contributed by atoms with Gasteiger partial charge in [0.15, 0.2) is 4.77 Å². The molecule has 0 saturated heterocycles. The largest absolute Gasteiger partial charge is 0.331 e. The topological polar surface area (TPSA) is 20.7 Å². The highest BCUT2D eigenvalue weighted by molar-refractivity contribution is 7.71. The summed E-state index contributed by atoms with van der Waals surface area (Å²) in [6.07, 6.45) is 5.50. The summed E-state index contributed by atoms with van der Waals surface area (Å²) in [4.78, 5) is 3.30. The number of H-pyrrole nitrogens is 1. The van der Waals surface area contributed by atoms with E-state index >= 15 is 0 Å². The highest BCUT2D eigenvalue weighted by Crippen LogP contribution is 2.33. The predicted octanol–water partition coefficient (Wildman–Crippen LogP) is 4.20. The molecule has 1 heterocycles. The van der Waals surface area contributed by atoms with Crippen molar-refractivity contribution in [2.45, 2.75) is 39.2 Å². The zero-order chi connectivity index (χ0) is 11.8. The molecule has 0 aliphatic heterocycles. The standard InChI is InChI=1S/C14H18N2S/c1-10-4-7-13-12(9-10)15-14(17)16(13)8-2-3-11-5-6-11/h4,7,9,11H,2-3,5-6,8H2,1H3,(H,15,17). The quantitative estimate of drug-likeness (QED) is 0.802. The molecule has 1 aliphatic rings. The van der Waals surface area contributed by atoms with E-state index in [0.29, 0.717) is 0 Å². The van der Waals surface area contributed by atoms with Crippen molar-refractivity contribution in [3.8, 4) is 0 Å². The summed E-state index contributed by atoms with van der Waals surface area (Å²) < 4.78 is 3.10. The molecule has 17 heavy (non-hydrogen) atoms. The van der Waals surface area contributed by atoms with Crippen LogP contribution >= 0.6 is 12.2 Å². The lowest BCUT2D eigenvalue weighted by Gasteiger charge is -2.04. The summed E-state index contributed by atoms with van der Waals surface area (Å²) in [5.74, 6) is 1.01. The van der Waals surface area contributed by atoms with Crippen molar-refractivity contribution in [1.82, 2.24) is 9.55 Å². The first-order chi connectivity index (χ1) is 8.24. The van der Waals surface area contributed by atoms with Crippen molar-refractivity contribution in [3.05, 3.63) is 28.5 Å². The maximum atomic E-state index is 5.40. The lowest BCUT2D eigenvalue weighted by Crippen LogP contribution is -1.98. The van der Waals surface area contributed by atoms with Crippen molar-refractivity contribution in [3.63, 3.8) is 0 Å². The van der Waals surface area contributed by atoms with Crippen LogP contribution in [0.2, 0.25) is 0 Å². The normalized spacial score (nSPS) is 15.6. The molecule has 1 aliphatic carbocycles. The number of hydrogen-bond acceptors (Lipinski definition) is 1. The van der Waals surface area contributed by atoms with Gasteiger partial charge in [0.1, 0.15) is 0 Å². The van der Waals surface area contributed by atoms with Gasteiger partial charge in [-0.1, -0.05) is 18.9 Å². The van der Waals surface area contributed by atoms with Gasteiger partial charge in [-0.2, -0.15) is 0 Å². The minimum Gasteiger partial charge on any atom is -0.331 e. The van der Waals surface area contributed by atoms with Crippen LogP contribution in [0.25, 0.3) is 11.0 Å². The molecule has 1 saturated carbocycles. The van der Waals surface area contributed by atoms with Gasteiger partial charge < -0.3 is 9.55 Å². The minimum absolute atomic E-state index is 0.862. The molecule has 2 aromatic rings. The van der Waals surface area contributed by atoms with Crippen LogP contribution in [0, 0.1) is 17.6 Å². The maximum Gasteiger partial charge on any atom is 0.178 e. The molecule has 0 unspecified atom stereocenters. The van der Waals surface area contributed by atoms with Crippen LogP contribution in [-0.2, 0) is 6.54 Å². The number of benzene rings is 1. The summed E-state index contributed by atoms with van der Waals surface area (Å²) in [6, 6.07) is 6.50. The van der Waals surface area contributed by atoms with E-state index in [-0.39, 0.29) is 0 Å². The molecule has 1 fully saturated rings. The smallest absolute Gasteiger partial charge is 0.178 e. The van der Waals surface area contributed by atoms with E-state index < -0.39 is 0 Å². The van der Waals surface area contributed by atoms with Gasteiger partial charge in [-0.15, -0.1) is 0 Å². The molecule has 3 heteroatoms. The van der Waals surface area contributed by atoms with E-state index in [4.69, 9.17) is 12.2 Å². The molecule has 2 nitrogen and oxygen atoms in total. The number of aromatic nitrogens is 2. The Kier molecular flexibility index (Phi) is 2.79. The van der Waals surface area contributed by atoms with E-state index in [1.165, 1.54) is 42.3 Å². The van der Waals surface area contributed by atoms with Gasteiger partial charge in [-0.25, -0.2) is 0 Å². The van der Waals surface area contributed by atoms with Crippen LogP contribution in [0.4, 0.5) is 0 Å². The van der Waals surface area contributed by atoms with Crippen molar-refractivity contribution >= 4 is 23.3 Å². The Morgan fingerprint density at radius 1 is 1.41 bits per heavy atom. The molecule has 1 N–H and O–H groups in total. The lowest BCUT2D eigenvalue weighted by molar-refractivity contribution is 0.582. The predicted molar refractivity (Wildman–Crippen MR) is 73.8 cm³/mol. The number of nitrogens with one attached hydrogen (secondary N) is 1. The van der Waals surface area contributed by atoms with Crippen LogP contribution in [0.3, 0.4) is 0 Å². The number of aromatic amines is 1. The summed E-state index contributed by atoms with van der Waals surface area (Å²) in [5.41, 5.74) is 3.69. The number of aryl methyl sites for hydroxylation is 2. The minimum atomic E-state index is 0.862. The first kappa shape index (κ1) is 11.0. The number of imidazole rings is 1. The van der Waals surface area contributed by atoms with E-state index in [9.17, 15) is 0 Å². The van der Waals surface area contributed by atoms with Crippen molar-refractivity contribution in [1.29, 1.82) is 0 Å². The van der Waals surface area contributed by atoms with Gasteiger partial charge in [0.25, 0.3) is 0 Å². The Morgan fingerprint density at radius 2 is 2.24 bits per heavy atom. The lowest BCUT2D eigenvalue weighted by atomic mass is 10.2. The fourth-order valence-corrected chi connectivity index (χ4v) is 2.74. The molecule has 0 spiro atoms. The summed E-state index contributed by atoms with van der Waals surface area (Å²) in [7, 11) is 0. The molecule has 0 radical (unpaired) electrons. The van der Waals surface area contributed by atoms with Crippen LogP contribution < -0.4 is 0 Å². The third-order valence-electron chi connectivity index (χ3n) is 3.62. The van der Waals surface area contributed by atoms with Gasteiger partial charge >= 0.3 is 0 Å². The molecule has 90 valence electrons. The number of fused-ring (bicyclic) bond motifs is 1. The third kappa shape index (κ3) is 2.29. The Hall–Kier alpha value is -1.09. The Morgan fingerprint density at radius 3 is 3.00 bits per heavy atom. The Bertz CT molecular complexity index is 590. The zero-order valence-corrected chi connectivity index (χ0v) is 11.0. The van der Waals surface area contributed by atoms with E-state index in [1.807, 2.05) is 0 Å². The second kappa shape index (κ2) is 4.30. The Balaban J connectivity index is 1.86. The van der Waals surface area contributed by atoms with Gasteiger partial charge in [0, 0.05) is 6.54 Å². The van der Waals surface area contributed by atoms with E-state index in [1.54, 1.807) is 0 Å². The molecular formula is C14H18N2S. The number of nitrogens with zero attached hydrogens (tertiary/aromatic N) is 1. The molecule has 1 aromatic heterocycles. The van der Waals surface area contributed by atoms with Gasteiger partial charge in [0.05, 0.1) is 11.0 Å². The summed E-state index contributed by atoms with van der Waals surface area (Å²) in [6.45, 7) is 3.17. The Labute approximate surface area is 107 Å². The average Bonchev–Trinajstić information content (AvgIpc) is 3.04. The summed E-state index contributed by atoms with van der Waals surface area (Å²) >= 11 is 5.40. The van der Waals surface area contributed by atoms with Crippen LogP contribution in [0.15, 0.2) is 18.2 Å². The SMILES string of the molecule is Cc1ccc2c(c1)[nH]c(=S)n2CCCC1CC1. The van der Waals surface area contributed by atoms with Gasteiger partial charge in [-0.05, 0) is 55.6 Å². The first-order valence-corrected chi connectivity index (χ1v) is 6.84. The maximum absolute atomic E-state index is 5.40. The molecule has 0 bridgehead atoms. The molecule has 1 aromatic carbocycles. The first-order valence-electron chi connectivity index (χ1n) is 6.43. The molecule has 0 atom stereocenters. The fourth-order valence-electron chi connectivity index (χ4n) is 2.44. The van der Waals surface area contributed by atoms with Gasteiger partial charge in [-0.3, -0.25) is 0 Å². The number of rotatable bonds is 4. The molecule has 0 amide bonds. The van der Waals surface area contributed by atoms with Crippen molar-refractivity contribution in [2.24, 2.45) is 5.92 Å². The second-order valence-electron chi connectivity index (χ2n) is 5.19. The second-order valence-corrected chi connectivity index (χ2v) is 5.57. The molecular weight excluding hydrogens is 228 g/mol. The van der Waals surface area contributed by atoms with E-state index in [2.05, 4.69) is 34.7 Å². The number of hydrogen-bond donors (Lipinski definition) is 1. The molecule has 3 rings (SSSR count). The summed E-state index contributed by atoms with van der Waals surface area (Å²) in [5, 5.41) is 0. The zero-order valence-electron chi connectivity index (χ0n) is 10.2. The third-order valence-corrected chi connectivity index (χ3v) is 3.94. The highest BCUT2D eigenvalue weighted by Gasteiger charge is 2.20. The monoisotopic (exact) mass is 246 g/mol. The van der Waals surface area contributed by atoms with Crippen LogP contribution in [0.1, 0.15) is 31.2 Å². The van der Waals surface area contributed by atoms with E-state index in [0.717, 1.165) is 17.2 Å². The average molecular weight is 246 g/mol. The van der Waals surface area contributed by atoms with Crippen LogP contribution in [-0.4, -0.2) is 9.55 Å². The van der Waals surface area contributed by atoms with Crippen molar-refractivity contribution < 1.29 is 0 Å². The van der Waals surface area contributed by atoms with Crippen LogP contribution in [0.5, 0.6) is 0 Å². The highest BCUT2D eigenvalue weighted by atomic mass is 32.1. The van der Waals surface area contributed by atoms with Gasteiger partial charge in [0.2, 0.25) is 0 Å². The van der Waals surface area contributed by atoms with Crippen molar-refractivity contribution in [2.75, 3.05) is 0 Å². The fraction of sp³-hybridized carbons (Fsp3) is 0.500.